The summed E-state index contributed by atoms with van der Waals surface area (Å²) >= 11 is 1.62. The topological polar surface area (TPSA) is 49.3 Å². The number of hydrogen-bond acceptors (Lipinski definition) is 3. The summed E-state index contributed by atoms with van der Waals surface area (Å²) in [5.74, 6) is 0.189. The van der Waals surface area contributed by atoms with Crippen LogP contribution in [0.3, 0.4) is 0 Å². The maximum Gasteiger partial charge on any atom is 0.265 e. The Morgan fingerprint density at radius 3 is 2.81 bits per heavy atom. The summed E-state index contributed by atoms with van der Waals surface area (Å²) in [6, 6.07) is 7.16. The zero-order valence-electron chi connectivity index (χ0n) is 12.1. The molecule has 0 atom stereocenters. The summed E-state index contributed by atoms with van der Waals surface area (Å²) in [4.78, 5) is 14.5. The molecule has 1 aromatic carbocycles. The minimum Gasteiger partial charge on any atom is -0.508 e. The van der Waals surface area contributed by atoms with Crippen molar-refractivity contribution in [2.75, 3.05) is 5.32 Å². The molecule has 2 N–H and O–H groups in total. The van der Waals surface area contributed by atoms with Gasteiger partial charge in [0.1, 0.15) is 5.75 Å². The Morgan fingerprint density at radius 1 is 1.19 bits per heavy atom. The van der Waals surface area contributed by atoms with Crippen molar-refractivity contribution in [3.05, 3.63) is 45.1 Å². The average Bonchev–Trinajstić information content (AvgIpc) is 2.74. The smallest absolute Gasteiger partial charge is 0.265 e. The van der Waals surface area contributed by atoms with Gasteiger partial charge in [0, 0.05) is 10.6 Å². The number of aryl methyl sites for hydroxylation is 3. The lowest BCUT2D eigenvalue weighted by atomic mass is 10.1. The second-order valence-electron chi connectivity index (χ2n) is 5.58. The number of benzene rings is 1. The first-order valence-corrected chi connectivity index (χ1v) is 8.17. The van der Waals surface area contributed by atoms with Gasteiger partial charge in [-0.15, -0.1) is 11.3 Å². The first-order chi connectivity index (χ1) is 10.1. The molecule has 0 unspecified atom stereocenters. The van der Waals surface area contributed by atoms with Gasteiger partial charge in [-0.1, -0.05) is 6.42 Å². The van der Waals surface area contributed by atoms with Crippen LogP contribution in [0.5, 0.6) is 5.75 Å². The fourth-order valence-corrected chi connectivity index (χ4v) is 3.85. The molecule has 21 heavy (non-hydrogen) atoms. The van der Waals surface area contributed by atoms with Gasteiger partial charge in [0.15, 0.2) is 0 Å². The van der Waals surface area contributed by atoms with Gasteiger partial charge in [0.25, 0.3) is 5.91 Å². The number of nitrogens with one attached hydrogen (secondary N) is 1. The highest BCUT2D eigenvalue weighted by molar-refractivity contribution is 7.14. The quantitative estimate of drug-likeness (QED) is 0.642. The molecule has 0 bridgehead atoms. The Labute approximate surface area is 128 Å². The maximum absolute atomic E-state index is 12.4. The highest BCUT2D eigenvalue weighted by Gasteiger charge is 2.16. The molecule has 0 saturated carbocycles. The van der Waals surface area contributed by atoms with E-state index in [1.165, 1.54) is 29.7 Å². The Balaban J connectivity index is 1.77. The molecule has 1 aliphatic rings. The highest BCUT2D eigenvalue weighted by atomic mass is 32.1. The molecule has 0 fully saturated rings. The van der Waals surface area contributed by atoms with Crippen LogP contribution in [0.4, 0.5) is 5.69 Å². The number of carbonyl (C=O) groups excluding carboxylic acids is 1. The van der Waals surface area contributed by atoms with Crippen LogP contribution in [0.15, 0.2) is 24.3 Å². The molecule has 0 spiro atoms. The summed E-state index contributed by atoms with van der Waals surface area (Å²) in [5.41, 5.74) is 2.83. The lowest BCUT2D eigenvalue weighted by Crippen LogP contribution is -2.10. The lowest BCUT2D eigenvalue weighted by Gasteiger charge is -2.05. The predicted molar refractivity (Wildman–Crippen MR) is 86.4 cm³/mol. The third-order valence-corrected chi connectivity index (χ3v) is 5.16. The second-order valence-corrected chi connectivity index (χ2v) is 6.71. The van der Waals surface area contributed by atoms with Gasteiger partial charge in [-0.25, -0.2) is 0 Å². The standard InChI is InChI=1S/C17H19NO2S/c1-11-9-13(7-8-14(11)19)18-17(20)16-10-12-5-3-2-4-6-15(12)21-16/h7-10,19H,2-6H2,1H3,(H,18,20). The zero-order chi connectivity index (χ0) is 14.8. The van der Waals surface area contributed by atoms with Gasteiger partial charge < -0.3 is 10.4 Å². The molecule has 0 saturated heterocycles. The Morgan fingerprint density at radius 2 is 2.00 bits per heavy atom. The molecule has 1 aliphatic carbocycles. The van der Waals surface area contributed by atoms with Crippen LogP contribution in [-0.2, 0) is 12.8 Å². The molecule has 1 amide bonds. The summed E-state index contributed by atoms with van der Waals surface area (Å²) in [7, 11) is 0. The molecule has 1 heterocycles. The molecule has 110 valence electrons. The fourth-order valence-electron chi connectivity index (χ4n) is 2.71. The van der Waals surface area contributed by atoms with E-state index < -0.39 is 0 Å². The van der Waals surface area contributed by atoms with Crippen LogP contribution in [0, 0.1) is 6.92 Å². The Kier molecular flexibility index (Phi) is 3.97. The van der Waals surface area contributed by atoms with Gasteiger partial charge in [0.05, 0.1) is 4.88 Å². The largest absolute Gasteiger partial charge is 0.508 e. The van der Waals surface area contributed by atoms with Crippen LogP contribution in [0.1, 0.15) is 44.9 Å². The third kappa shape index (κ3) is 3.10. The van der Waals surface area contributed by atoms with E-state index in [1.54, 1.807) is 29.5 Å². The highest BCUT2D eigenvalue weighted by Crippen LogP contribution is 2.29. The SMILES string of the molecule is Cc1cc(NC(=O)c2cc3c(s2)CCCCC3)ccc1O. The van der Waals surface area contributed by atoms with Crippen molar-refractivity contribution in [3.8, 4) is 5.75 Å². The summed E-state index contributed by atoms with van der Waals surface area (Å²) < 4.78 is 0. The number of aromatic hydroxyl groups is 1. The normalized spacial score (nSPS) is 14.3. The molecule has 1 aromatic heterocycles. The van der Waals surface area contributed by atoms with E-state index >= 15 is 0 Å². The van der Waals surface area contributed by atoms with Crippen LogP contribution in [-0.4, -0.2) is 11.0 Å². The monoisotopic (exact) mass is 301 g/mol. The molecule has 3 rings (SSSR count). The van der Waals surface area contributed by atoms with E-state index in [2.05, 4.69) is 5.32 Å². The van der Waals surface area contributed by atoms with E-state index in [0.29, 0.717) is 0 Å². The molecule has 2 aromatic rings. The Bertz CT molecular complexity index is 652. The van der Waals surface area contributed by atoms with Crippen molar-refractivity contribution in [1.82, 2.24) is 0 Å². The van der Waals surface area contributed by atoms with Crippen molar-refractivity contribution >= 4 is 22.9 Å². The fraction of sp³-hybridized carbons (Fsp3) is 0.353. The minimum atomic E-state index is -0.0573. The lowest BCUT2D eigenvalue weighted by molar-refractivity contribution is 0.103. The number of amides is 1. The third-order valence-electron chi connectivity index (χ3n) is 3.93. The van der Waals surface area contributed by atoms with Crippen LogP contribution in [0.2, 0.25) is 0 Å². The zero-order valence-corrected chi connectivity index (χ0v) is 12.9. The number of fused-ring (bicyclic) bond motifs is 1. The number of thiophene rings is 1. The number of carbonyl (C=O) groups is 1. The second kappa shape index (κ2) is 5.90. The van der Waals surface area contributed by atoms with Crippen molar-refractivity contribution < 1.29 is 9.90 Å². The molecule has 3 nitrogen and oxygen atoms in total. The summed E-state index contributed by atoms with van der Waals surface area (Å²) in [6.07, 6.45) is 5.94. The summed E-state index contributed by atoms with van der Waals surface area (Å²) in [6.45, 7) is 1.82. The number of phenols is 1. The van der Waals surface area contributed by atoms with E-state index in [-0.39, 0.29) is 11.7 Å². The van der Waals surface area contributed by atoms with Crippen LogP contribution in [0.25, 0.3) is 0 Å². The van der Waals surface area contributed by atoms with Crippen LogP contribution < -0.4 is 5.32 Å². The van der Waals surface area contributed by atoms with Gasteiger partial charge in [-0.05, 0) is 68.0 Å². The number of anilines is 1. The molecular formula is C17H19NO2S. The van der Waals surface area contributed by atoms with Crippen molar-refractivity contribution in [3.63, 3.8) is 0 Å². The molecular weight excluding hydrogens is 282 g/mol. The van der Waals surface area contributed by atoms with E-state index in [4.69, 9.17) is 0 Å². The molecule has 4 heteroatoms. The maximum atomic E-state index is 12.4. The van der Waals surface area contributed by atoms with Gasteiger partial charge in [-0.3, -0.25) is 4.79 Å². The van der Waals surface area contributed by atoms with Crippen LogP contribution >= 0.6 is 11.3 Å². The van der Waals surface area contributed by atoms with Crippen molar-refractivity contribution in [2.45, 2.75) is 39.0 Å². The minimum absolute atomic E-state index is 0.0573. The van der Waals surface area contributed by atoms with E-state index in [1.807, 2.05) is 13.0 Å². The molecule has 0 radical (unpaired) electrons. The van der Waals surface area contributed by atoms with Gasteiger partial charge >= 0.3 is 0 Å². The molecule has 0 aliphatic heterocycles. The number of rotatable bonds is 2. The summed E-state index contributed by atoms with van der Waals surface area (Å²) in [5, 5.41) is 12.4. The van der Waals surface area contributed by atoms with Crippen molar-refractivity contribution in [2.24, 2.45) is 0 Å². The van der Waals surface area contributed by atoms with E-state index in [0.717, 1.165) is 29.0 Å². The van der Waals surface area contributed by atoms with E-state index in [9.17, 15) is 9.90 Å². The number of phenolic OH excluding ortho intramolecular Hbond substituents is 1. The Hall–Kier alpha value is -1.81. The first-order valence-electron chi connectivity index (χ1n) is 7.36. The first kappa shape index (κ1) is 14.1. The average molecular weight is 301 g/mol. The predicted octanol–water partition coefficient (Wildman–Crippen LogP) is 4.28. The van der Waals surface area contributed by atoms with Crippen molar-refractivity contribution in [1.29, 1.82) is 0 Å². The van der Waals surface area contributed by atoms with Gasteiger partial charge in [-0.2, -0.15) is 0 Å². The van der Waals surface area contributed by atoms with Gasteiger partial charge in [0.2, 0.25) is 0 Å². The number of hydrogen-bond donors (Lipinski definition) is 2.